The number of aliphatic hydroxyl groups excluding tert-OH is 3. The predicted octanol–water partition coefficient (Wildman–Crippen LogP) is -0.878. The fourth-order valence-corrected chi connectivity index (χ4v) is 11.2. The normalized spacial score (nSPS) is 44.1. The highest BCUT2D eigenvalue weighted by Gasteiger charge is 2.73. The second-order valence-corrected chi connectivity index (χ2v) is 17.2. The van der Waals surface area contributed by atoms with Crippen molar-refractivity contribution in [2.24, 2.45) is 39.9 Å². The number of ketones is 1. The zero-order chi connectivity index (χ0) is 41.5. The van der Waals surface area contributed by atoms with Crippen LogP contribution in [-0.4, -0.2) is 144 Å². The number of carboxylic acid groups (broad SMARTS) is 3. The number of fused-ring (bicyclic) bond motifs is 3. The molecular weight excluding hydrogens is 748 g/mol. The number of aliphatic hydroxyl groups is 5. The quantitative estimate of drug-likeness (QED) is 0.0391. The molecule has 0 radical (unpaired) electrons. The molecular formula is C37H50O19. The molecule has 4 aliphatic carbocycles. The number of hydrogen-bond donors (Lipinski definition) is 8. The van der Waals surface area contributed by atoms with Gasteiger partial charge in [-0.2, -0.15) is 0 Å². The van der Waals surface area contributed by atoms with Crippen molar-refractivity contribution in [3.8, 4) is 0 Å². The third-order valence-electron chi connectivity index (χ3n) is 13.7. The third-order valence-corrected chi connectivity index (χ3v) is 13.7. The van der Waals surface area contributed by atoms with Gasteiger partial charge in [0.15, 0.2) is 17.8 Å². The molecule has 2 heterocycles. The van der Waals surface area contributed by atoms with Crippen LogP contribution in [0.1, 0.15) is 72.1 Å². The van der Waals surface area contributed by atoms with E-state index in [9.17, 15) is 69.6 Å². The molecule has 0 aromatic rings. The molecule has 19 heteroatoms. The first-order valence-corrected chi connectivity index (χ1v) is 18.7. The molecule has 312 valence electrons. The van der Waals surface area contributed by atoms with Gasteiger partial charge < -0.3 is 64.5 Å². The molecule has 0 amide bonds. The predicted molar refractivity (Wildman–Crippen MR) is 181 cm³/mol. The van der Waals surface area contributed by atoms with Gasteiger partial charge in [0.25, 0.3) is 5.78 Å². The number of carbonyl (C=O) groups excluding carboxylic acids is 3. The maximum Gasteiger partial charge on any atom is 0.380 e. The van der Waals surface area contributed by atoms with E-state index in [-0.39, 0.29) is 31.1 Å². The van der Waals surface area contributed by atoms with Crippen molar-refractivity contribution >= 4 is 35.6 Å². The summed E-state index contributed by atoms with van der Waals surface area (Å²) < 4.78 is 27.9. The monoisotopic (exact) mass is 798 g/mol. The van der Waals surface area contributed by atoms with Crippen LogP contribution in [0, 0.1) is 39.9 Å². The van der Waals surface area contributed by atoms with Gasteiger partial charge in [-0.25, -0.2) is 9.59 Å². The molecule has 6 rings (SSSR count). The Kier molecular flexibility index (Phi) is 10.8. The van der Waals surface area contributed by atoms with Gasteiger partial charge in [-0.15, -0.1) is 0 Å². The number of ether oxygens (including phenoxy) is 5. The molecule has 2 aliphatic heterocycles. The first kappa shape index (κ1) is 42.1. The standard InChI is InChI=1S/C37H50O19/c1-15(2)9-22(40)54-26-28(53-19(13-38)25(37(26,51)31(48)49)55-32-36(50,14-39)24(42)27(43)56-32)52-18-11-33(4)20-6-5-17-10-34(20,23(41)16(17)3)8-7-21(33)35(12-18,29(44)45)30(46)47/h15,17-21,23,25-26,28,32,38-39,41,50-51H,3,5-14H2,1-2,4H3,(H,44,45)(H,46,47)(H,48,49). The van der Waals surface area contributed by atoms with Gasteiger partial charge >= 0.3 is 29.8 Å². The first-order valence-electron chi connectivity index (χ1n) is 18.7. The molecule has 1 spiro atoms. The minimum absolute atomic E-state index is 0.0381. The molecule has 2 bridgehead atoms. The molecule has 14 atom stereocenters. The Labute approximate surface area is 320 Å². The van der Waals surface area contributed by atoms with E-state index in [1.807, 2.05) is 0 Å². The van der Waals surface area contributed by atoms with Gasteiger partial charge in [-0.1, -0.05) is 27.4 Å². The number of Topliss-reactive ketones (excluding diaryl/α,β-unsaturated/α-hetero) is 1. The molecule has 14 unspecified atom stereocenters. The van der Waals surface area contributed by atoms with Crippen LogP contribution >= 0.6 is 0 Å². The van der Waals surface area contributed by atoms with Gasteiger partial charge in [0, 0.05) is 18.3 Å². The molecule has 19 nitrogen and oxygen atoms in total. The van der Waals surface area contributed by atoms with Gasteiger partial charge in [0.2, 0.25) is 17.5 Å². The Bertz CT molecular complexity index is 1660. The van der Waals surface area contributed by atoms with E-state index in [0.717, 1.165) is 0 Å². The smallest absolute Gasteiger partial charge is 0.380 e. The molecule has 0 aromatic carbocycles. The molecule has 8 N–H and O–H groups in total. The van der Waals surface area contributed by atoms with Gasteiger partial charge in [0.05, 0.1) is 25.4 Å². The fourth-order valence-electron chi connectivity index (χ4n) is 11.2. The summed E-state index contributed by atoms with van der Waals surface area (Å²) in [6.45, 7) is 6.49. The summed E-state index contributed by atoms with van der Waals surface area (Å²) in [5.74, 6) is -11.6. The summed E-state index contributed by atoms with van der Waals surface area (Å²) in [5.41, 5.74) is -10.2. The number of hydrogen-bond acceptors (Lipinski definition) is 16. The highest BCUT2D eigenvalue weighted by Crippen LogP contribution is 2.72. The van der Waals surface area contributed by atoms with Crippen LogP contribution < -0.4 is 0 Å². The van der Waals surface area contributed by atoms with Crippen molar-refractivity contribution in [1.82, 2.24) is 0 Å². The van der Waals surface area contributed by atoms with Gasteiger partial charge in [0.1, 0.15) is 12.2 Å². The average Bonchev–Trinajstić information content (AvgIpc) is 3.44. The zero-order valence-electron chi connectivity index (χ0n) is 31.2. The van der Waals surface area contributed by atoms with E-state index >= 15 is 0 Å². The van der Waals surface area contributed by atoms with Crippen molar-refractivity contribution in [2.45, 2.75) is 126 Å². The minimum Gasteiger partial charge on any atom is -0.480 e. The van der Waals surface area contributed by atoms with Crippen LogP contribution in [0.25, 0.3) is 0 Å². The van der Waals surface area contributed by atoms with Gasteiger partial charge in [-0.3, -0.25) is 19.2 Å². The van der Waals surface area contributed by atoms with E-state index in [2.05, 4.69) is 6.58 Å². The second kappa shape index (κ2) is 14.4. The Balaban J connectivity index is 1.42. The van der Waals surface area contributed by atoms with Crippen LogP contribution in [0.5, 0.6) is 0 Å². The van der Waals surface area contributed by atoms with Crippen molar-refractivity contribution < 1.29 is 93.3 Å². The van der Waals surface area contributed by atoms with Crippen LogP contribution in [0.4, 0.5) is 0 Å². The lowest BCUT2D eigenvalue weighted by atomic mass is 9.40. The third kappa shape index (κ3) is 5.99. The van der Waals surface area contributed by atoms with Crippen LogP contribution in [0.2, 0.25) is 0 Å². The molecule has 0 aromatic heterocycles. The SMILES string of the molecule is C=C1C2CCC3C4(C)CC(OC5OC(CO)C(OC6OC(=O)C(=O)C6(O)CO)C(O)(C(=O)O)C5OC(=O)CC(C)C)CC(C(=O)O)(C(=O)O)C4CCC3(C2)C1O. The second-order valence-electron chi connectivity index (χ2n) is 17.2. The Morgan fingerprint density at radius 3 is 2.14 bits per heavy atom. The van der Waals surface area contributed by atoms with E-state index in [0.29, 0.717) is 31.3 Å². The topological polar surface area (TPSA) is 310 Å². The molecule has 56 heavy (non-hydrogen) atoms. The Morgan fingerprint density at radius 1 is 0.911 bits per heavy atom. The van der Waals surface area contributed by atoms with Gasteiger partial charge in [-0.05, 0) is 73.2 Å². The van der Waals surface area contributed by atoms with Crippen LogP contribution in [-0.2, 0) is 52.5 Å². The number of cyclic esters (lactones) is 1. The number of carbonyl (C=O) groups is 6. The minimum atomic E-state index is -3.52. The molecule has 2 saturated heterocycles. The van der Waals surface area contributed by atoms with Crippen molar-refractivity contribution in [3.63, 3.8) is 0 Å². The maximum absolute atomic E-state index is 13.3. The summed E-state index contributed by atoms with van der Waals surface area (Å²) in [6, 6.07) is 0. The lowest BCUT2D eigenvalue weighted by molar-refractivity contribution is -0.365. The summed E-state index contributed by atoms with van der Waals surface area (Å²) in [7, 11) is 0. The molecule has 6 aliphatic rings. The van der Waals surface area contributed by atoms with Crippen molar-refractivity contribution in [3.05, 3.63) is 12.2 Å². The highest BCUT2D eigenvalue weighted by atomic mass is 16.8. The largest absolute Gasteiger partial charge is 0.480 e. The maximum atomic E-state index is 13.3. The Hall–Kier alpha value is -3.56. The lowest BCUT2D eigenvalue weighted by Crippen LogP contribution is -2.74. The van der Waals surface area contributed by atoms with Crippen LogP contribution in [0.3, 0.4) is 0 Å². The molecule has 6 fully saturated rings. The summed E-state index contributed by atoms with van der Waals surface area (Å²) in [4.78, 5) is 77.3. The number of esters is 2. The number of aliphatic carboxylic acids is 3. The summed E-state index contributed by atoms with van der Waals surface area (Å²) in [5, 5.41) is 86.8. The lowest BCUT2D eigenvalue weighted by Gasteiger charge is -2.64. The Morgan fingerprint density at radius 2 is 1.57 bits per heavy atom. The van der Waals surface area contributed by atoms with Crippen molar-refractivity contribution in [1.29, 1.82) is 0 Å². The van der Waals surface area contributed by atoms with Crippen LogP contribution in [0.15, 0.2) is 12.2 Å². The first-order chi connectivity index (χ1) is 26.1. The highest BCUT2D eigenvalue weighted by molar-refractivity contribution is 6.38. The average molecular weight is 799 g/mol. The summed E-state index contributed by atoms with van der Waals surface area (Å²) >= 11 is 0. The summed E-state index contributed by atoms with van der Waals surface area (Å²) in [6.07, 6.45) is -12.6. The zero-order valence-corrected chi connectivity index (χ0v) is 31.2. The van der Waals surface area contributed by atoms with E-state index in [4.69, 9.17) is 23.7 Å². The van der Waals surface area contributed by atoms with E-state index < -0.39 is 138 Å². The number of carboxylic acids is 3. The van der Waals surface area contributed by atoms with E-state index in [1.54, 1.807) is 20.8 Å². The number of rotatable bonds is 12. The van der Waals surface area contributed by atoms with E-state index in [1.165, 1.54) is 0 Å². The molecule has 4 saturated carbocycles. The van der Waals surface area contributed by atoms with Crippen molar-refractivity contribution in [2.75, 3.05) is 13.2 Å². The fraction of sp³-hybridized carbons (Fsp3) is 0.784.